The van der Waals surface area contributed by atoms with Crippen molar-refractivity contribution in [2.45, 2.75) is 53.5 Å². The highest BCUT2D eigenvalue weighted by Gasteiger charge is 2.37. The third-order valence-electron chi connectivity index (χ3n) is 11.6. The minimum absolute atomic E-state index is 0.0807. The van der Waals surface area contributed by atoms with E-state index in [-0.39, 0.29) is 11.9 Å². The van der Waals surface area contributed by atoms with Gasteiger partial charge in [-0.2, -0.15) is 9.78 Å². The smallest absolute Gasteiger partial charge is 0.275 e. The van der Waals surface area contributed by atoms with Gasteiger partial charge in [-0.3, -0.25) is 9.48 Å². The minimum Gasteiger partial charge on any atom is -0.494 e. The van der Waals surface area contributed by atoms with E-state index in [1.54, 1.807) is 25.8 Å². The zero-order valence-corrected chi connectivity index (χ0v) is 36.2. The van der Waals surface area contributed by atoms with E-state index in [0.717, 1.165) is 83.0 Å². The number of fused-ring (bicyclic) bond motifs is 4. The number of carbonyl (C=O) groups is 1. The number of amides is 1. The predicted molar refractivity (Wildman–Crippen MR) is 235 cm³/mol. The van der Waals surface area contributed by atoms with Crippen molar-refractivity contribution in [3.05, 3.63) is 111 Å². The maximum atomic E-state index is 15.4. The lowest BCUT2D eigenvalue weighted by molar-refractivity contribution is 0.0957. The summed E-state index contributed by atoms with van der Waals surface area (Å²) in [6.07, 6.45) is 8.07. The summed E-state index contributed by atoms with van der Waals surface area (Å²) in [5, 5.41) is 12.7. The molecule has 0 bridgehead atoms. The maximum Gasteiger partial charge on any atom is 0.275 e. The number of hydrogen-bond donors (Lipinski definition) is 0. The van der Waals surface area contributed by atoms with E-state index in [2.05, 4.69) is 44.0 Å². The van der Waals surface area contributed by atoms with E-state index in [0.29, 0.717) is 54.2 Å². The molecule has 0 spiro atoms. The number of halogens is 2. The van der Waals surface area contributed by atoms with Gasteiger partial charge in [0, 0.05) is 76.6 Å². The Labute approximate surface area is 357 Å². The van der Waals surface area contributed by atoms with Crippen molar-refractivity contribution in [2.24, 2.45) is 14.1 Å². The van der Waals surface area contributed by atoms with Crippen LogP contribution < -0.4 is 14.4 Å². The van der Waals surface area contributed by atoms with E-state index in [1.165, 1.54) is 4.68 Å². The molecule has 9 rings (SSSR count). The van der Waals surface area contributed by atoms with Crippen molar-refractivity contribution in [1.29, 1.82) is 0 Å². The zero-order chi connectivity index (χ0) is 42.1. The second-order valence-corrected chi connectivity index (χ2v) is 16.4. The molecule has 0 aliphatic carbocycles. The molecular weight excluding hydrogens is 799 g/mol. The van der Waals surface area contributed by atoms with Gasteiger partial charge in [-0.15, -0.1) is 5.10 Å². The highest BCUT2D eigenvalue weighted by molar-refractivity contribution is 6.35. The first kappa shape index (κ1) is 39.3. The number of rotatable bonds is 10. The van der Waals surface area contributed by atoms with Crippen molar-refractivity contribution in [3.63, 3.8) is 0 Å². The van der Waals surface area contributed by atoms with Crippen molar-refractivity contribution in [2.75, 3.05) is 25.2 Å². The van der Waals surface area contributed by atoms with Crippen molar-refractivity contribution in [1.82, 2.24) is 43.6 Å². The van der Waals surface area contributed by atoms with Gasteiger partial charge in [-0.1, -0.05) is 29.3 Å². The van der Waals surface area contributed by atoms with Crippen LogP contribution in [0.4, 0.5) is 5.69 Å². The van der Waals surface area contributed by atoms with Crippen LogP contribution in [0.3, 0.4) is 0 Å². The minimum atomic E-state index is -0.111. The Morgan fingerprint density at radius 2 is 1.63 bits per heavy atom. The average molecular weight is 844 g/mol. The van der Waals surface area contributed by atoms with Crippen molar-refractivity contribution >= 4 is 56.6 Å². The molecular formula is C45H44Cl2N10O3. The number of ether oxygens (including phenoxy) is 2. The molecule has 5 aromatic heterocycles. The Balaban J connectivity index is 1.13. The van der Waals surface area contributed by atoms with Crippen LogP contribution in [-0.2, 0) is 20.5 Å². The number of methoxy groups -OCH3 is 1. The topological polar surface area (TPSA) is 123 Å². The Hall–Kier alpha value is -6.18. The quantitative estimate of drug-likeness (QED) is 0.125. The molecule has 3 aromatic carbocycles. The summed E-state index contributed by atoms with van der Waals surface area (Å²) in [7, 11) is 5.51. The molecule has 0 radical (unpaired) electrons. The Kier molecular flexibility index (Phi) is 9.91. The fourth-order valence-corrected chi connectivity index (χ4v) is 9.04. The lowest BCUT2D eigenvalue weighted by atomic mass is 9.98. The van der Waals surface area contributed by atoms with E-state index in [4.69, 9.17) is 42.9 Å². The number of aromatic nitrogens is 9. The van der Waals surface area contributed by atoms with Gasteiger partial charge >= 0.3 is 0 Å². The predicted octanol–water partition coefficient (Wildman–Crippen LogP) is 9.35. The van der Waals surface area contributed by atoms with Gasteiger partial charge in [0.2, 0.25) is 0 Å². The number of nitrogens with zero attached hydrogens (tertiary/aromatic N) is 10. The van der Waals surface area contributed by atoms with Gasteiger partial charge in [-0.05, 0) is 101 Å². The van der Waals surface area contributed by atoms with E-state index < -0.39 is 0 Å². The molecule has 1 aliphatic heterocycles. The monoisotopic (exact) mass is 842 g/mol. The molecule has 1 amide bonds. The molecule has 60 heavy (non-hydrogen) atoms. The first-order valence-corrected chi connectivity index (χ1v) is 20.5. The van der Waals surface area contributed by atoms with Crippen LogP contribution in [0.25, 0.3) is 50.3 Å². The van der Waals surface area contributed by atoms with Crippen LogP contribution in [-0.4, -0.2) is 69.8 Å². The van der Waals surface area contributed by atoms with Crippen LogP contribution in [0.2, 0.25) is 10.0 Å². The number of anilines is 1. The van der Waals surface area contributed by atoms with Gasteiger partial charge in [0.1, 0.15) is 17.8 Å². The Bertz CT molecular complexity index is 2970. The second-order valence-electron chi connectivity index (χ2n) is 15.6. The van der Waals surface area contributed by atoms with Gasteiger partial charge in [0.05, 0.1) is 48.0 Å². The molecule has 306 valence electrons. The van der Waals surface area contributed by atoms with Gasteiger partial charge < -0.3 is 23.5 Å². The van der Waals surface area contributed by atoms with Crippen molar-refractivity contribution in [3.8, 4) is 40.0 Å². The molecule has 1 atom stereocenters. The first-order chi connectivity index (χ1) is 28.8. The first-order valence-electron chi connectivity index (χ1n) is 19.8. The number of benzene rings is 3. The summed E-state index contributed by atoms with van der Waals surface area (Å²) < 4.78 is 19.2. The van der Waals surface area contributed by atoms with Crippen LogP contribution in [0.15, 0.2) is 67.4 Å². The van der Waals surface area contributed by atoms with Crippen LogP contribution in [0.1, 0.15) is 58.0 Å². The third kappa shape index (κ3) is 6.47. The molecule has 0 N–H and O–H groups in total. The molecule has 13 nitrogen and oxygen atoms in total. The molecule has 1 aliphatic rings. The average Bonchev–Trinajstić information content (AvgIpc) is 4.00. The normalized spacial score (nSPS) is 14.1. The molecule has 0 saturated heterocycles. The zero-order valence-electron chi connectivity index (χ0n) is 34.7. The summed E-state index contributed by atoms with van der Waals surface area (Å²) in [6.45, 7) is 11.1. The molecule has 8 aromatic rings. The highest BCUT2D eigenvalue weighted by atomic mass is 35.5. The summed E-state index contributed by atoms with van der Waals surface area (Å²) in [6, 6.07) is 13.9. The molecule has 1 unspecified atom stereocenters. The highest BCUT2D eigenvalue weighted by Crippen LogP contribution is 2.46. The van der Waals surface area contributed by atoms with Crippen LogP contribution >= 0.6 is 23.2 Å². The van der Waals surface area contributed by atoms with E-state index in [1.807, 2.05) is 87.0 Å². The molecule has 15 heteroatoms. The number of aryl methyl sites for hydroxylation is 6. The molecule has 0 saturated carbocycles. The third-order valence-corrected chi connectivity index (χ3v) is 12.5. The maximum absolute atomic E-state index is 15.4. The Morgan fingerprint density at radius 3 is 2.33 bits per heavy atom. The van der Waals surface area contributed by atoms with E-state index >= 15 is 4.79 Å². The number of hydrogen-bond acceptors (Lipinski definition) is 8. The number of carbonyl (C=O) groups excluding carboxylic acids is 1. The summed E-state index contributed by atoms with van der Waals surface area (Å²) in [4.78, 5) is 30.6. The summed E-state index contributed by atoms with van der Waals surface area (Å²) in [5.74, 6) is 2.12. The van der Waals surface area contributed by atoms with Gasteiger partial charge in [0.25, 0.3) is 11.9 Å². The molecule has 0 fully saturated rings. The fourth-order valence-electron chi connectivity index (χ4n) is 8.69. The largest absolute Gasteiger partial charge is 0.494 e. The Morgan fingerprint density at radius 1 is 0.883 bits per heavy atom. The summed E-state index contributed by atoms with van der Waals surface area (Å²) >= 11 is 13.6. The van der Waals surface area contributed by atoms with Gasteiger partial charge in [-0.25, -0.2) is 15.0 Å². The van der Waals surface area contributed by atoms with Crippen molar-refractivity contribution < 1.29 is 14.3 Å². The van der Waals surface area contributed by atoms with Gasteiger partial charge in [0.15, 0.2) is 11.6 Å². The lowest BCUT2D eigenvalue weighted by Gasteiger charge is -2.34. The lowest BCUT2D eigenvalue weighted by Crippen LogP contribution is -2.42. The standard InChI is InChI=1S/C45H44Cl2N10O3/c1-24-16-30(17-25(2)40(24)47)60-15-9-10-32-33-12-13-35(46)39(38-27(4)51-54(7)28(38)5)41(33)57-26(3)21-55(44(58)42(32)57)37-22-53(6)36-14-11-29(18-34(36)37)43-50-23-56(52-43)45-48-19-31(59-8)20-49-45/h11-14,16-20,22-23,26H,9-10,15,21H2,1-8H3. The second kappa shape index (κ2) is 15.1. The fraction of sp³-hybridized carbons (Fsp3) is 0.289. The SMILES string of the molecule is COc1cnc(-n2cnc(-c3ccc4c(c3)c(N3CC(C)n5c(c(CCCOc6cc(C)c(Cl)c(C)c6)c6ccc(Cl)c(-c7c(C)nn(C)c7C)c65)C3=O)cn4C)n2)nc1. The molecule has 6 heterocycles. The van der Waals surface area contributed by atoms with Crippen LogP contribution in [0, 0.1) is 27.7 Å². The van der Waals surface area contributed by atoms with E-state index in [9.17, 15) is 0 Å². The summed E-state index contributed by atoms with van der Waals surface area (Å²) in [5.41, 5.74) is 10.8. The van der Waals surface area contributed by atoms with Crippen LogP contribution in [0.5, 0.6) is 11.5 Å².